The van der Waals surface area contributed by atoms with Crippen molar-refractivity contribution in [3.05, 3.63) is 64.6 Å². The van der Waals surface area contributed by atoms with Gasteiger partial charge < -0.3 is 14.4 Å². The lowest BCUT2D eigenvalue weighted by Gasteiger charge is -1.97. The Labute approximate surface area is 147 Å². The summed E-state index contributed by atoms with van der Waals surface area (Å²) in [5, 5.41) is 6.63. The number of carbonyl (C=O) groups is 1. The number of aryl methyl sites for hydroxylation is 1. The van der Waals surface area contributed by atoms with E-state index in [0.717, 1.165) is 15.7 Å². The van der Waals surface area contributed by atoms with E-state index in [9.17, 15) is 4.79 Å². The van der Waals surface area contributed by atoms with Crippen LogP contribution in [0.4, 0.5) is 0 Å². The average molecular weight is 387 g/mol. The molecule has 0 saturated carbocycles. The van der Waals surface area contributed by atoms with E-state index in [4.69, 9.17) is 4.52 Å². The SMILES string of the molecule is Cn1cccc1-c1noc(CNC(=O)/C=C/c2ccc(Br)cc2)n1. The van der Waals surface area contributed by atoms with E-state index in [0.29, 0.717) is 11.7 Å². The molecule has 0 bridgehead atoms. The molecule has 0 aliphatic heterocycles. The number of hydrogen-bond donors (Lipinski definition) is 1. The highest BCUT2D eigenvalue weighted by Gasteiger charge is 2.11. The van der Waals surface area contributed by atoms with E-state index in [1.165, 1.54) is 6.08 Å². The lowest BCUT2D eigenvalue weighted by molar-refractivity contribution is -0.116. The van der Waals surface area contributed by atoms with Crippen LogP contribution in [0.1, 0.15) is 11.5 Å². The Kier molecular flexibility index (Phi) is 4.90. The van der Waals surface area contributed by atoms with Crippen molar-refractivity contribution in [2.75, 3.05) is 0 Å². The fourth-order valence-electron chi connectivity index (χ4n) is 2.09. The molecule has 0 saturated heterocycles. The summed E-state index contributed by atoms with van der Waals surface area (Å²) >= 11 is 3.37. The lowest BCUT2D eigenvalue weighted by Crippen LogP contribution is -2.20. The van der Waals surface area contributed by atoms with Crippen LogP contribution >= 0.6 is 15.9 Å². The van der Waals surface area contributed by atoms with Crippen LogP contribution in [0, 0.1) is 0 Å². The maximum Gasteiger partial charge on any atom is 0.246 e. The zero-order chi connectivity index (χ0) is 16.9. The highest BCUT2D eigenvalue weighted by atomic mass is 79.9. The van der Waals surface area contributed by atoms with Crippen molar-refractivity contribution in [1.82, 2.24) is 20.0 Å². The van der Waals surface area contributed by atoms with Crippen LogP contribution in [0.25, 0.3) is 17.6 Å². The van der Waals surface area contributed by atoms with Crippen LogP contribution in [-0.2, 0) is 18.4 Å². The Hall–Kier alpha value is -2.67. The molecule has 7 heteroatoms. The third-order valence-corrected chi connectivity index (χ3v) is 3.88. The molecular weight excluding hydrogens is 372 g/mol. The summed E-state index contributed by atoms with van der Waals surface area (Å²) in [5.74, 6) is 0.630. The second-order valence-electron chi connectivity index (χ2n) is 5.12. The quantitative estimate of drug-likeness (QED) is 0.683. The van der Waals surface area contributed by atoms with Gasteiger partial charge >= 0.3 is 0 Å². The topological polar surface area (TPSA) is 73.0 Å². The molecule has 0 unspecified atom stereocenters. The normalized spacial score (nSPS) is 11.1. The van der Waals surface area contributed by atoms with Gasteiger partial charge in [-0.3, -0.25) is 4.79 Å². The van der Waals surface area contributed by atoms with E-state index >= 15 is 0 Å². The molecule has 2 heterocycles. The summed E-state index contributed by atoms with van der Waals surface area (Å²) in [6.07, 6.45) is 5.11. The number of aromatic nitrogens is 3. The molecule has 0 fully saturated rings. The summed E-state index contributed by atoms with van der Waals surface area (Å²) < 4.78 is 8.04. The summed E-state index contributed by atoms with van der Waals surface area (Å²) in [6, 6.07) is 11.5. The summed E-state index contributed by atoms with van der Waals surface area (Å²) in [7, 11) is 1.90. The van der Waals surface area contributed by atoms with Gasteiger partial charge in [0.05, 0.1) is 12.2 Å². The molecule has 3 rings (SSSR count). The second kappa shape index (κ2) is 7.27. The summed E-state index contributed by atoms with van der Waals surface area (Å²) in [4.78, 5) is 16.1. The van der Waals surface area contributed by atoms with E-state index in [-0.39, 0.29) is 12.5 Å². The molecule has 0 atom stereocenters. The van der Waals surface area contributed by atoms with Gasteiger partial charge in [-0.15, -0.1) is 0 Å². The van der Waals surface area contributed by atoms with Crippen molar-refractivity contribution in [3.63, 3.8) is 0 Å². The maximum atomic E-state index is 11.8. The first-order chi connectivity index (χ1) is 11.6. The molecule has 1 aromatic carbocycles. The smallest absolute Gasteiger partial charge is 0.246 e. The van der Waals surface area contributed by atoms with Crippen molar-refractivity contribution < 1.29 is 9.32 Å². The molecule has 0 aliphatic rings. The van der Waals surface area contributed by atoms with Crippen molar-refractivity contribution in [3.8, 4) is 11.5 Å². The van der Waals surface area contributed by atoms with E-state index < -0.39 is 0 Å². The van der Waals surface area contributed by atoms with Gasteiger partial charge in [-0.25, -0.2) is 0 Å². The van der Waals surface area contributed by atoms with Crippen LogP contribution in [0.5, 0.6) is 0 Å². The molecule has 0 aliphatic carbocycles. The minimum Gasteiger partial charge on any atom is -0.348 e. The summed E-state index contributed by atoms with van der Waals surface area (Å²) in [5.41, 5.74) is 1.79. The minimum absolute atomic E-state index is 0.181. The number of amides is 1. The van der Waals surface area contributed by atoms with Crippen molar-refractivity contribution in [2.45, 2.75) is 6.54 Å². The first-order valence-electron chi connectivity index (χ1n) is 7.27. The first-order valence-corrected chi connectivity index (χ1v) is 8.07. The summed E-state index contributed by atoms with van der Waals surface area (Å²) in [6.45, 7) is 0.181. The van der Waals surface area contributed by atoms with E-state index in [2.05, 4.69) is 31.4 Å². The maximum absolute atomic E-state index is 11.8. The van der Waals surface area contributed by atoms with Crippen LogP contribution in [0.2, 0.25) is 0 Å². The van der Waals surface area contributed by atoms with Gasteiger partial charge in [0.2, 0.25) is 17.6 Å². The minimum atomic E-state index is -0.225. The Morgan fingerprint density at radius 3 is 2.83 bits per heavy atom. The molecule has 24 heavy (non-hydrogen) atoms. The van der Waals surface area contributed by atoms with Gasteiger partial charge in [0.1, 0.15) is 0 Å². The Balaban J connectivity index is 1.56. The number of hydrogen-bond acceptors (Lipinski definition) is 4. The van der Waals surface area contributed by atoms with Gasteiger partial charge in [-0.2, -0.15) is 4.98 Å². The number of nitrogens with zero attached hydrogens (tertiary/aromatic N) is 3. The molecule has 0 radical (unpaired) electrons. The van der Waals surface area contributed by atoms with Gasteiger partial charge in [0, 0.05) is 23.8 Å². The third kappa shape index (κ3) is 3.99. The van der Waals surface area contributed by atoms with Gasteiger partial charge in [-0.1, -0.05) is 33.2 Å². The number of benzene rings is 1. The number of halogens is 1. The monoisotopic (exact) mass is 386 g/mol. The number of rotatable bonds is 5. The van der Waals surface area contributed by atoms with E-state index in [1.54, 1.807) is 6.08 Å². The Morgan fingerprint density at radius 2 is 2.12 bits per heavy atom. The standard InChI is InChI=1S/C17H15BrN4O2/c1-22-10-2-3-14(22)17-20-16(24-21-17)11-19-15(23)9-6-12-4-7-13(18)8-5-12/h2-10H,11H2,1H3,(H,19,23)/b9-6+. The molecule has 1 amide bonds. The van der Waals surface area contributed by atoms with E-state index in [1.807, 2.05) is 54.2 Å². The average Bonchev–Trinajstić information content (AvgIpc) is 3.21. The number of carbonyl (C=O) groups excluding carboxylic acids is 1. The largest absolute Gasteiger partial charge is 0.348 e. The molecule has 2 aromatic heterocycles. The predicted molar refractivity (Wildman–Crippen MR) is 93.7 cm³/mol. The molecule has 3 aromatic rings. The van der Waals surface area contributed by atoms with Crippen LogP contribution < -0.4 is 5.32 Å². The van der Waals surface area contributed by atoms with Crippen molar-refractivity contribution in [2.24, 2.45) is 7.05 Å². The van der Waals surface area contributed by atoms with Gasteiger partial charge in [0.15, 0.2) is 0 Å². The third-order valence-electron chi connectivity index (χ3n) is 3.35. The van der Waals surface area contributed by atoms with Crippen LogP contribution in [-0.4, -0.2) is 20.6 Å². The zero-order valence-corrected chi connectivity index (χ0v) is 14.5. The molecular formula is C17H15BrN4O2. The second-order valence-corrected chi connectivity index (χ2v) is 6.03. The fraction of sp³-hybridized carbons (Fsp3) is 0.118. The Bertz CT molecular complexity index is 865. The first kappa shape index (κ1) is 16.2. The molecule has 122 valence electrons. The van der Waals surface area contributed by atoms with Gasteiger partial charge in [-0.05, 0) is 35.9 Å². The molecule has 6 nitrogen and oxygen atoms in total. The van der Waals surface area contributed by atoms with Gasteiger partial charge in [0.25, 0.3) is 0 Å². The zero-order valence-electron chi connectivity index (χ0n) is 12.9. The lowest BCUT2D eigenvalue weighted by atomic mass is 10.2. The van der Waals surface area contributed by atoms with Crippen LogP contribution in [0.3, 0.4) is 0 Å². The van der Waals surface area contributed by atoms with Crippen molar-refractivity contribution >= 4 is 27.9 Å². The predicted octanol–water partition coefficient (Wildman–Crippen LogP) is 3.17. The highest BCUT2D eigenvalue weighted by Crippen LogP contribution is 2.15. The van der Waals surface area contributed by atoms with Crippen molar-refractivity contribution in [1.29, 1.82) is 0 Å². The highest BCUT2D eigenvalue weighted by molar-refractivity contribution is 9.10. The number of nitrogens with one attached hydrogen (secondary N) is 1. The fourth-order valence-corrected chi connectivity index (χ4v) is 2.36. The molecule has 1 N–H and O–H groups in total. The van der Waals surface area contributed by atoms with Crippen LogP contribution in [0.15, 0.2) is 57.7 Å². The Morgan fingerprint density at radius 1 is 1.33 bits per heavy atom. The molecule has 0 spiro atoms.